The lowest BCUT2D eigenvalue weighted by atomic mass is 10.0. The number of allylic oxidation sites excluding steroid dienone is 1. The molecule has 0 unspecified atom stereocenters. The van der Waals surface area contributed by atoms with Gasteiger partial charge in [-0.15, -0.1) is 6.58 Å². The summed E-state index contributed by atoms with van der Waals surface area (Å²) in [5, 5.41) is 0. The van der Waals surface area contributed by atoms with Crippen LogP contribution in [0.15, 0.2) is 39.8 Å². The minimum Gasteiger partial charge on any atom is -0.102 e. The first kappa shape index (κ1) is 11.0. The molecular weight excluding hydrogens is 292 g/mol. The van der Waals surface area contributed by atoms with E-state index < -0.39 is 0 Å². The maximum atomic E-state index is 3.74. The van der Waals surface area contributed by atoms with E-state index in [0.29, 0.717) is 0 Å². The molecule has 0 N–H and O–H groups in total. The highest BCUT2D eigenvalue weighted by molar-refractivity contribution is 9.11. The van der Waals surface area contributed by atoms with Crippen LogP contribution in [0.1, 0.15) is 12.5 Å². The fourth-order valence-corrected chi connectivity index (χ4v) is 2.50. The normalized spacial score (nSPS) is 10.5. The first-order chi connectivity index (χ1) is 6.11. The number of hydrogen-bond acceptors (Lipinski definition) is 0. The predicted octanol–water partition coefficient (Wildman–Crippen LogP) is 4.53. The van der Waals surface area contributed by atoms with Crippen LogP contribution in [0.5, 0.6) is 0 Å². The first-order valence-electron chi connectivity index (χ1n) is 4.01. The van der Waals surface area contributed by atoms with Gasteiger partial charge in [0.25, 0.3) is 0 Å². The van der Waals surface area contributed by atoms with Crippen LogP contribution < -0.4 is 0 Å². The molecule has 0 heterocycles. The Hall–Kier alpha value is -0.0800. The van der Waals surface area contributed by atoms with Gasteiger partial charge in [0.1, 0.15) is 0 Å². The number of halogens is 2. The summed E-state index contributed by atoms with van der Waals surface area (Å²) in [7, 11) is 0. The highest BCUT2D eigenvalue weighted by Crippen LogP contribution is 2.22. The minimum absolute atomic E-state index is 0.960. The fraction of sp³-hybridized carbons (Fsp3) is 0.182. The Balaban J connectivity index is 2.82. The third kappa shape index (κ3) is 3.65. The average Bonchev–Trinajstić information content (AvgIpc) is 2.02. The molecule has 69 valence electrons. The van der Waals surface area contributed by atoms with Crippen molar-refractivity contribution in [3.8, 4) is 0 Å². The molecule has 1 rings (SSSR count). The van der Waals surface area contributed by atoms with Gasteiger partial charge in [0.2, 0.25) is 0 Å². The van der Waals surface area contributed by atoms with Gasteiger partial charge in [-0.1, -0.05) is 44.9 Å². The fourth-order valence-electron chi connectivity index (χ4n) is 1.11. The van der Waals surface area contributed by atoms with E-state index in [-0.39, 0.29) is 0 Å². The monoisotopic (exact) mass is 301 g/mol. The second-order valence-electron chi connectivity index (χ2n) is 3.00. The van der Waals surface area contributed by atoms with Gasteiger partial charge in [0, 0.05) is 8.95 Å². The Kier molecular flexibility index (Phi) is 4.20. The van der Waals surface area contributed by atoms with Crippen molar-refractivity contribution >= 4 is 31.9 Å². The van der Waals surface area contributed by atoms with E-state index >= 15 is 0 Å². The van der Waals surface area contributed by atoms with Crippen LogP contribution in [0.2, 0.25) is 0 Å². The van der Waals surface area contributed by atoms with Gasteiger partial charge >= 0.3 is 0 Å². The Morgan fingerprint density at radius 2 is 1.85 bits per heavy atom. The third-order valence-corrected chi connectivity index (χ3v) is 2.67. The molecule has 0 nitrogen and oxygen atoms in total. The van der Waals surface area contributed by atoms with E-state index in [1.54, 1.807) is 0 Å². The molecular formula is C11H11Br2. The van der Waals surface area contributed by atoms with Gasteiger partial charge in [-0.25, -0.2) is 0 Å². The smallest absolute Gasteiger partial charge is 0.0189 e. The van der Waals surface area contributed by atoms with Gasteiger partial charge in [0.15, 0.2) is 0 Å². The predicted molar refractivity (Wildman–Crippen MR) is 64.7 cm³/mol. The molecule has 13 heavy (non-hydrogen) atoms. The SMILES string of the molecule is C=C[C](C)Cc1cc(Br)cc(Br)c1. The van der Waals surface area contributed by atoms with Gasteiger partial charge in [-0.3, -0.25) is 0 Å². The maximum absolute atomic E-state index is 3.74. The molecule has 0 aliphatic rings. The van der Waals surface area contributed by atoms with E-state index in [1.165, 1.54) is 11.5 Å². The van der Waals surface area contributed by atoms with E-state index in [2.05, 4.69) is 57.5 Å². The van der Waals surface area contributed by atoms with Crippen molar-refractivity contribution in [2.45, 2.75) is 13.3 Å². The van der Waals surface area contributed by atoms with Crippen LogP contribution in [0.3, 0.4) is 0 Å². The summed E-state index contributed by atoms with van der Waals surface area (Å²) in [5.41, 5.74) is 1.29. The Bertz CT molecular complexity index is 285. The average molecular weight is 303 g/mol. The highest BCUT2D eigenvalue weighted by atomic mass is 79.9. The molecule has 0 aliphatic carbocycles. The second kappa shape index (κ2) is 4.97. The molecule has 1 radical (unpaired) electrons. The molecule has 2 heteroatoms. The van der Waals surface area contributed by atoms with Crippen molar-refractivity contribution in [3.63, 3.8) is 0 Å². The molecule has 0 fully saturated rings. The van der Waals surface area contributed by atoms with Crippen molar-refractivity contribution < 1.29 is 0 Å². The largest absolute Gasteiger partial charge is 0.102 e. The molecule has 0 aliphatic heterocycles. The molecule has 0 aromatic heterocycles. The number of benzene rings is 1. The van der Waals surface area contributed by atoms with Crippen molar-refractivity contribution in [1.82, 2.24) is 0 Å². The topological polar surface area (TPSA) is 0 Å². The molecule has 0 amide bonds. The Morgan fingerprint density at radius 1 is 1.31 bits per heavy atom. The summed E-state index contributed by atoms with van der Waals surface area (Å²) < 4.78 is 2.21. The van der Waals surface area contributed by atoms with Crippen molar-refractivity contribution in [3.05, 3.63) is 51.3 Å². The van der Waals surface area contributed by atoms with Crippen LogP contribution >= 0.6 is 31.9 Å². The molecule has 0 saturated heterocycles. The Labute approximate surface area is 96.3 Å². The first-order valence-corrected chi connectivity index (χ1v) is 5.60. The van der Waals surface area contributed by atoms with Gasteiger partial charge in [0.05, 0.1) is 0 Å². The van der Waals surface area contributed by atoms with Crippen LogP contribution in [-0.2, 0) is 6.42 Å². The summed E-state index contributed by atoms with van der Waals surface area (Å²) in [6.07, 6.45) is 2.86. The van der Waals surface area contributed by atoms with Crippen LogP contribution in [0.25, 0.3) is 0 Å². The zero-order chi connectivity index (χ0) is 9.84. The number of rotatable bonds is 3. The highest BCUT2D eigenvalue weighted by Gasteiger charge is 2.01. The Morgan fingerprint density at radius 3 is 2.31 bits per heavy atom. The second-order valence-corrected chi connectivity index (χ2v) is 4.84. The van der Waals surface area contributed by atoms with Gasteiger partial charge in [-0.2, -0.15) is 0 Å². The lowest BCUT2D eigenvalue weighted by molar-refractivity contribution is 1.02. The molecule has 1 aromatic carbocycles. The summed E-state index contributed by atoms with van der Waals surface area (Å²) in [6, 6.07) is 6.28. The molecule has 1 aromatic rings. The van der Waals surface area contributed by atoms with Crippen molar-refractivity contribution in [2.75, 3.05) is 0 Å². The lowest BCUT2D eigenvalue weighted by Gasteiger charge is -2.06. The third-order valence-electron chi connectivity index (χ3n) is 1.75. The van der Waals surface area contributed by atoms with E-state index in [0.717, 1.165) is 15.4 Å². The van der Waals surface area contributed by atoms with Crippen molar-refractivity contribution in [2.24, 2.45) is 0 Å². The zero-order valence-corrected chi connectivity index (χ0v) is 10.7. The van der Waals surface area contributed by atoms with Gasteiger partial charge in [-0.05, 0) is 36.1 Å². The van der Waals surface area contributed by atoms with E-state index in [1.807, 2.05) is 12.1 Å². The van der Waals surface area contributed by atoms with Crippen LogP contribution in [0.4, 0.5) is 0 Å². The summed E-state index contributed by atoms with van der Waals surface area (Å²) in [6.45, 7) is 5.83. The van der Waals surface area contributed by atoms with Crippen molar-refractivity contribution in [1.29, 1.82) is 0 Å². The number of hydrogen-bond donors (Lipinski definition) is 0. The van der Waals surface area contributed by atoms with Crippen LogP contribution in [-0.4, -0.2) is 0 Å². The van der Waals surface area contributed by atoms with Gasteiger partial charge < -0.3 is 0 Å². The summed E-state index contributed by atoms with van der Waals surface area (Å²) >= 11 is 6.92. The molecule has 0 saturated carbocycles. The van der Waals surface area contributed by atoms with Crippen LogP contribution in [0, 0.1) is 5.92 Å². The summed E-state index contributed by atoms with van der Waals surface area (Å²) in [4.78, 5) is 0. The quantitative estimate of drug-likeness (QED) is 0.769. The van der Waals surface area contributed by atoms with E-state index in [9.17, 15) is 0 Å². The maximum Gasteiger partial charge on any atom is 0.0189 e. The van der Waals surface area contributed by atoms with E-state index in [4.69, 9.17) is 0 Å². The minimum atomic E-state index is 0.960. The molecule has 0 bridgehead atoms. The standard InChI is InChI=1S/C11H11Br2/c1-3-8(2)4-9-5-10(12)7-11(13)6-9/h3,5-7H,1,4H2,2H3. The summed E-state index contributed by atoms with van der Waals surface area (Å²) in [5.74, 6) is 1.28. The zero-order valence-electron chi connectivity index (χ0n) is 7.48. The molecule has 0 atom stereocenters. The molecule has 0 spiro atoms. The lowest BCUT2D eigenvalue weighted by Crippen LogP contribution is -1.93.